The third kappa shape index (κ3) is 2.41. The van der Waals surface area contributed by atoms with Crippen molar-refractivity contribution in [2.75, 3.05) is 18.4 Å². The Morgan fingerprint density at radius 1 is 1.08 bits per heavy atom. The third-order valence-electron chi connectivity index (χ3n) is 4.45. The van der Waals surface area contributed by atoms with Gasteiger partial charge in [0.25, 0.3) is 10.0 Å². The molecule has 7 heteroatoms. The minimum absolute atomic E-state index is 0.0977. The Hall–Kier alpha value is -2.54. The minimum atomic E-state index is -3.86. The lowest BCUT2D eigenvalue weighted by molar-refractivity contribution is 0.235. The highest BCUT2D eigenvalue weighted by atomic mass is 32.2. The van der Waals surface area contributed by atoms with Crippen LogP contribution in [0.5, 0.6) is 0 Å². The number of amides is 2. The van der Waals surface area contributed by atoms with E-state index < -0.39 is 16.1 Å². The van der Waals surface area contributed by atoms with Gasteiger partial charge in [-0.1, -0.05) is 30.3 Å². The summed E-state index contributed by atoms with van der Waals surface area (Å²) in [5.41, 5.74) is 2.82. The zero-order valence-electron chi connectivity index (χ0n) is 12.9. The number of hydrogen-bond acceptors (Lipinski definition) is 4. The van der Waals surface area contributed by atoms with Crippen LogP contribution in [0.25, 0.3) is 0 Å². The topological polar surface area (TPSA) is 78.5 Å². The van der Waals surface area contributed by atoms with Gasteiger partial charge in [-0.2, -0.15) is 0 Å². The van der Waals surface area contributed by atoms with Gasteiger partial charge >= 0.3 is 6.03 Å². The predicted molar refractivity (Wildman–Crippen MR) is 90.2 cm³/mol. The lowest BCUT2D eigenvalue weighted by Gasteiger charge is -2.16. The van der Waals surface area contributed by atoms with Gasteiger partial charge in [0.1, 0.15) is 0 Å². The summed E-state index contributed by atoms with van der Waals surface area (Å²) in [6, 6.07) is 13.4. The molecule has 1 fully saturated rings. The third-order valence-corrected chi connectivity index (χ3v) is 6.19. The molecule has 1 unspecified atom stereocenters. The number of anilines is 1. The molecule has 2 amide bonds. The lowest BCUT2D eigenvalue weighted by atomic mass is 10.1. The van der Waals surface area contributed by atoms with Crippen LogP contribution >= 0.6 is 0 Å². The van der Waals surface area contributed by atoms with Crippen molar-refractivity contribution in [1.29, 1.82) is 0 Å². The molecule has 2 N–H and O–H groups in total. The molecule has 0 spiro atoms. The van der Waals surface area contributed by atoms with Crippen molar-refractivity contribution in [3.05, 3.63) is 59.7 Å². The van der Waals surface area contributed by atoms with Crippen molar-refractivity contribution < 1.29 is 13.2 Å². The Bertz CT molecular complexity index is 897. The van der Waals surface area contributed by atoms with Gasteiger partial charge in [-0.3, -0.25) is 0 Å². The fraction of sp³-hybridized carbons (Fsp3) is 0.235. The molecule has 124 valence electrons. The molecule has 6 nitrogen and oxygen atoms in total. The average Bonchev–Trinajstić information content (AvgIpc) is 3.21. The van der Waals surface area contributed by atoms with Crippen molar-refractivity contribution in [2.24, 2.45) is 0 Å². The molecule has 24 heavy (non-hydrogen) atoms. The van der Waals surface area contributed by atoms with Gasteiger partial charge in [-0.05, 0) is 35.7 Å². The standard InChI is InChI=1S/C17H17N3O3S/c21-17-19-16(12-4-2-1-3-5-12)11-20(17)24(22,23)14-6-7-15-13(10-14)8-9-18-15/h1-7,10,16,18H,8-9,11H2,(H,19,21). The first-order valence-electron chi connectivity index (χ1n) is 7.81. The lowest BCUT2D eigenvalue weighted by Crippen LogP contribution is -2.34. The smallest absolute Gasteiger partial charge is 0.331 e. The highest BCUT2D eigenvalue weighted by Gasteiger charge is 2.38. The van der Waals surface area contributed by atoms with Gasteiger partial charge in [-0.15, -0.1) is 0 Å². The van der Waals surface area contributed by atoms with Crippen LogP contribution in [-0.2, 0) is 16.4 Å². The summed E-state index contributed by atoms with van der Waals surface area (Å²) in [5.74, 6) is 0. The first kappa shape index (κ1) is 15.0. The molecule has 0 aliphatic carbocycles. The van der Waals surface area contributed by atoms with Crippen LogP contribution in [0.3, 0.4) is 0 Å². The van der Waals surface area contributed by atoms with E-state index in [2.05, 4.69) is 10.6 Å². The summed E-state index contributed by atoms with van der Waals surface area (Å²) < 4.78 is 26.7. The number of nitrogens with zero attached hydrogens (tertiary/aromatic N) is 1. The number of sulfonamides is 1. The van der Waals surface area contributed by atoms with Crippen LogP contribution in [0.15, 0.2) is 53.4 Å². The van der Waals surface area contributed by atoms with Crippen LogP contribution in [0, 0.1) is 0 Å². The molecule has 4 rings (SSSR count). The summed E-state index contributed by atoms with van der Waals surface area (Å²) in [6.45, 7) is 0.902. The van der Waals surface area contributed by atoms with E-state index in [1.807, 2.05) is 30.3 Å². The van der Waals surface area contributed by atoms with E-state index in [0.717, 1.165) is 34.1 Å². The molecule has 0 radical (unpaired) electrons. The van der Waals surface area contributed by atoms with Crippen molar-refractivity contribution in [3.63, 3.8) is 0 Å². The molecule has 2 aromatic rings. The summed E-state index contributed by atoms with van der Waals surface area (Å²) in [7, 11) is -3.86. The van der Waals surface area contributed by atoms with Gasteiger partial charge in [-0.25, -0.2) is 17.5 Å². The van der Waals surface area contributed by atoms with Gasteiger partial charge in [0.15, 0.2) is 0 Å². The van der Waals surface area contributed by atoms with E-state index in [-0.39, 0.29) is 17.5 Å². The summed E-state index contributed by atoms with van der Waals surface area (Å²) in [5, 5.41) is 5.94. The number of nitrogens with one attached hydrogen (secondary N) is 2. The van der Waals surface area contributed by atoms with Crippen molar-refractivity contribution in [2.45, 2.75) is 17.4 Å². The maximum atomic E-state index is 12.9. The average molecular weight is 343 g/mol. The Balaban J connectivity index is 1.64. The normalized spacial score (nSPS) is 19.8. The van der Waals surface area contributed by atoms with Crippen molar-refractivity contribution >= 4 is 21.7 Å². The second-order valence-electron chi connectivity index (χ2n) is 5.94. The van der Waals surface area contributed by atoms with Gasteiger partial charge in [0, 0.05) is 12.2 Å². The second kappa shape index (κ2) is 5.52. The Morgan fingerprint density at radius 3 is 2.67 bits per heavy atom. The number of benzene rings is 2. The molecule has 2 heterocycles. The van der Waals surface area contributed by atoms with Gasteiger partial charge < -0.3 is 10.6 Å². The largest absolute Gasteiger partial charge is 0.384 e. The highest BCUT2D eigenvalue weighted by Crippen LogP contribution is 2.29. The van der Waals surface area contributed by atoms with E-state index >= 15 is 0 Å². The number of urea groups is 1. The van der Waals surface area contributed by atoms with Gasteiger partial charge in [0.2, 0.25) is 0 Å². The van der Waals surface area contributed by atoms with Crippen molar-refractivity contribution in [1.82, 2.24) is 9.62 Å². The minimum Gasteiger partial charge on any atom is -0.384 e. The van der Waals surface area contributed by atoms with E-state index in [0.29, 0.717) is 0 Å². The number of rotatable bonds is 3. The van der Waals surface area contributed by atoms with Crippen LogP contribution in [0.2, 0.25) is 0 Å². The molecular weight excluding hydrogens is 326 g/mol. The molecule has 0 bridgehead atoms. The number of carbonyl (C=O) groups excluding carboxylic acids is 1. The number of fused-ring (bicyclic) bond motifs is 1. The molecule has 1 atom stereocenters. The molecule has 2 aliphatic heterocycles. The second-order valence-corrected chi connectivity index (χ2v) is 7.81. The SMILES string of the molecule is O=C1NC(c2ccccc2)CN1S(=O)(=O)c1ccc2c(c1)CCN2. The Kier molecular flexibility index (Phi) is 3.45. The van der Waals surface area contributed by atoms with E-state index in [1.54, 1.807) is 18.2 Å². The van der Waals surface area contributed by atoms with Crippen LogP contribution in [0.4, 0.5) is 10.5 Å². The summed E-state index contributed by atoms with van der Waals surface area (Å²) in [6.07, 6.45) is 0.789. The Labute approximate surface area is 140 Å². The van der Waals surface area contributed by atoms with Crippen LogP contribution in [-0.4, -0.2) is 31.8 Å². The van der Waals surface area contributed by atoms with E-state index in [4.69, 9.17) is 0 Å². The molecule has 1 saturated heterocycles. The molecule has 0 aromatic heterocycles. The first-order chi connectivity index (χ1) is 11.6. The number of hydrogen-bond donors (Lipinski definition) is 2. The summed E-state index contributed by atoms with van der Waals surface area (Å²) in [4.78, 5) is 12.4. The van der Waals surface area contributed by atoms with Crippen LogP contribution < -0.4 is 10.6 Å². The van der Waals surface area contributed by atoms with E-state index in [9.17, 15) is 13.2 Å². The first-order valence-corrected chi connectivity index (χ1v) is 9.25. The maximum Gasteiger partial charge on any atom is 0.331 e. The quantitative estimate of drug-likeness (QED) is 0.895. The van der Waals surface area contributed by atoms with E-state index in [1.165, 1.54) is 0 Å². The maximum absolute atomic E-state index is 12.9. The summed E-state index contributed by atoms with van der Waals surface area (Å²) >= 11 is 0. The van der Waals surface area contributed by atoms with Crippen molar-refractivity contribution in [3.8, 4) is 0 Å². The highest BCUT2D eigenvalue weighted by molar-refractivity contribution is 7.89. The zero-order chi connectivity index (χ0) is 16.7. The molecule has 0 saturated carbocycles. The molecule has 2 aliphatic rings. The number of carbonyl (C=O) groups is 1. The van der Waals surface area contributed by atoms with Gasteiger partial charge in [0.05, 0.1) is 17.5 Å². The van der Waals surface area contributed by atoms with Crippen LogP contribution in [0.1, 0.15) is 17.2 Å². The predicted octanol–water partition coefficient (Wildman–Crippen LogP) is 2.11. The Morgan fingerprint density at radius 2 is 1.88 bits per heavy atom. The fourth-order valence-electron chi connectivity index (χ4n) is 3.17. The zero-order valence-corrected chi connectivity index (χ0v) is 13.7. The molecular formula is C17H17N3O3S. The fourth-order valence-corrected chi connectivity index (χ4v) is 4.57. The molecule has 2 aromatic carbocycles. The monoisotopic (exact) mass is 343 g/mol.